The fourth-order valence-corrected chi connectivity index (χ4v) is 2.06. The number of amidine groups is 1. The van der Waals surface area contributed by atoms with Crippen LogP contribution in [-0.4, -0.2) is 11.0 Å². The maximum absolute atomic E-state index is 13.2. The smallest absolute Gasteiger partial charge is 0.170 e. The highest BCUT2D eigenvalue weighted by Crippen LogP contribution is 2.20. The van der Waals surface area contributed by atoms with Crippen LogP contribution in [0.4, 0.5) is 4.39 Å². The van der Waals surface area contributed by atoms with Crippen molar-refractivity contribution in [1.82, 2.24) is 0 Å². The number of rotatable bonds is 4. The van der Waals surface area contributed by atoms with E-state index in [-0.39, 0.29) is 12.4 Å². The van der Waals surface area contributed by atoms with E-state index in [0.717, 1.165) is 4.47 Å². The van der Waals surface area contributed by atoms with E-state index in [9.17, 15) is 4.39 Å². The second kappa shape index (κ2) is 6.38. The Kier molecular flexibility index (Phi) is 4.57. The van der Waals surface area contributed by atoms with Crippen LogP contribution in [0.25, 0.3) is 0 Å². The van der Waals surface area contributed by atoms with Gasteiger partial charge >= 0.3 is 0 Å². The van der Waals surface area contributed by atoms with Crippen molar-refractivity contribution in [3.63, 3.8) is 0 Å². The summed E-state index contributed by atoms with van der Waals surface area (Å²) in [5.41, 5.74) is 6.46. The van der Waals surface area contributed by atoms with Crippen molar-refractivity contribution in [2.24, 2.45) is 10.9 Å². The first-order chi connectivity index (χ1) is 9.60. The zero-order valence-electron chi connectivity index (χ0n) is 10.4. The number of halogens is 2. The highest BCUT2D eigenvalue weighted by Gasteiger charge is 2.09. The highest BCUT2D eigenvalue weighted by atomic mass is 79.9. The Bertz CT molecular complexity index is 647. The van der Waals surface area contributed by atoms with Gasteiger partial charge in [-0.15, -0.1) is 0 Å². The van der Waals surface area contributed by atoms with Crippen molar-refractivity contribution in [3.05, 3.63) is 63.9 Å². The molecule has 0 fully saturated rings. The minimum Gasteiger partial charge on any atom is -0.489 e. The summed E-state index contributed by atoms with van der Waals surface area (Å²) >= 11 is 3.35. The lowest BCUT2D eigenvalue weighted by Crippen LogP contribution is -2.16. The molecule has 0 atom stereocenters. The van der Waals surface area contributed by atoms with Gasteiger partial charge in [-0.1, -0.05) is 33.2 Å². The summed E-state index contributed by atoms with van der Waals surface area (Å²) in [7, 11) is 0. The number of hydrogen-bond donors (Lipinski definition) is 2. The Morgan fingerprint density at radius 2 is 2.10 bits per heavy atom. The Morgan fingerprint density at radius 3 is 2.80 bits per heavy atom. The fraction of sp³-hybridized carbons (Fsp3) is 0.0714. The molecule has 3 N–H and O–H groups in total. The van der Waals surface area contributed by atoms with Crippen LogP contribution in [0.3, 0.4) is 0 Å². The Hall–Kier alpha value is -2.08. The van der Waals surface area contributed by atoms with E-state index < -0.39 is 5.82 Å². The number of nitrogens with zero attached hydrogens (tertiary/aromatic N) is 1. The predicted molar refractivity (Wildman–Crippen MR) is 77.4 cm³/mol. The van der Waals surface area contributed by atoms with Crippen LogP contribution in [0.15, 0.2) is 52.1 Å². The van der Waals surface area contributed by atoms with E-state index in [4.69, 9.17) is 15.7 Å². The molecule has 0 unspecified atom stereocenters. The summed E-state index contributed by atoms with van der Waals surface area (Å²) in [4.78, 5) is 0. The molecule has 20 heavy (non-hydrogen) atoms. The molecule has 0 bridgehead atoms. The molecule has 0 aliphatic heterocycles. The molecule has 0 aromatic heterocycles. The van der Waals surface area contributed by atoms with Crippen molar-refractivity contribution in [2.75, 3.05) is 0 Å². The van der Waals surface area contributed by atoms with Gasteiger partial charge in [0.15, 0.2) is 5.84 Å². The lowest BCUT2D eigenvalue weighted by Gasteiger charge is -2.10. The zero-order chi connectivity index (χ0) is 14.5. The number of ether oxygens (including phenoxy) is 1. The minimum absolute atomic E-state index is 0.155. The van der Waals surface area contributed by atoms with Crippen LogP contribution >= 0.6 is 15.9 Å². The molecule has 2 aromatic rings. The Balaban J connectivity index is 2.21. The van der Waals surface area contributed by atoms with E-state index in [0.29, 0.717) is 16.9 Å². The Labute approximate surface area is 123 Å². The van der Waals surface area contributed by atoms with Gasteiger partial charge in [0.25, 0.3) is 0 Å². The van der Waals surface area contributed by atoms with Crippen molar-refractivity contribution in [3.8, 4) is 5.75 Å². The van der Waals surface area contributed by atoms with Gasteiger partial charge in [0.1, 0.15) is 18.2 Å². The summed E-state index contributed by atoms with van der Waals surface area (Å²) in [5, 5.41) is 11.6. The van der Waals surface area contributed by atoms with Gasteiger partial charge in [-0.2, -0.15) is 0 Å². The van der Waals surface area contributed by atoms with E-state index in [1.807, 2.05) is 18.2 Å². The molecule has 0 saturated carbocycles. The SMILES string of the molecule is NC(=NO)c1cc(F)ccc1COc1cccc(Br)c1. The molecule has 2 rings (SSSR count). The third-order valence-electron chi connectivity index (χ3n) is 2.65. The maximum atomic E-state index is 13.2. The van der Waals surface area contributed by atoms with Crippen LogP contribution in [0.5, 0.6) is 5.75 Å². The quantitative estimate of drug-likeness (QED) is 0.389. The summed E-state index contributed by atoms with van der Waals surface area (Å²) in [6.07, 6.45) is 0. The first-order valence-electron chi connectivity index (χ1n) is 5.75. The molecule has 2 aromatic carbocycles. The van der Waals surface area contributed by atoms with Gasteiger partial charge in [0.2, 0.25) is 0 Å². The maximum Gasteiger partial charge on any atom is 0.170 e. The average molecular weight is 339 g/mol. The van der Waals surface area contributed by atoms with Gasteiger partial charge in [-0.25, -0.2) is 4.39 Å². The molecule has 0 aliphatic rings. The van der Waals surface area contributed by atoms with Crippen LogP contribution in [0.2, 0.25) is 0 Å². The minimum atomic E-state index is -0.460. The van der Waals surface area contributed by atoms with Gasteiger partial charge in [0.05, 0.1) is 0 Å². The summed E-state index contributed by atoms with van der Waals surface area (Å²) in [6, 6.07) is 11.4. The monoisotopic (exact) mass is 338 g/mol. The van der Waals surface area contributed by atoms with E-state index in [1.165, 1.54) is 12.1 Å². The van der Waals surface area contributed by atoms with Gasteiger partial charge in [0, 0.05) is 15.6 Å². The molecular formula is C14H12BrFN2O2. The summed E-state index contributed by atoms with van der Waals surface area (Å²) < 4.78 is 19.7. The molecule has 0 saturated heterocycles. The molecule has 4 nitrogen and oxygen atoms in total. The Morgan fingerprint density at radius 1 is 1.30 bits per heavy atom. The van der Waals surface area contributed by atoms with Crippen LogP contribution in [-0.2, 0) is 6.61 Å². The molecule has 0 amide bonds. The van der Waals surface area contributed by atoms with E-state index in [2.05, 4.69) is 21.1 Å². The highest BCUT2D eigenvalue weighted by molar-refractivity contribution is 9.10. The van der Waals surface area contributed by atoms with Crippen molar-refractivity contribution in [2.45, 2.75) is 6.61 Å². The second-order valence-corrected chi connectivity index (χ2v) is 4.95. The second-order valence-electron chi connectivity index (χ2n) is 4.03. The number of benzene rings is 2. The van der Waals surface area contributed by atoms with E-state index in [1.54, 1.807) is 12.1 Å². The number of hydrogen-bond acceptors (Lipinski definition) is 3. The van der Waals surface area contributed by atoms with Crippen LogP contribution in [0.1, 0.15) is 11.1 Å². The van der Waals surface area contributed by atoms with Gasteiger partial charge < -0.3 is 15.7 Å². The lowest BCUT2D eigenvalue weighted by molar-refractivity contribution is 0.304. The summed E-state index contributed by atoms with van der Waals surface area (Å²) in [5.74, 6) is 0.0457. The average Bonchev–Trinajstić information content (AvgIpc) is 2.45. The fourth-order valence-electron chi connectivity index (χ4n) is 1.68. The van der Waals surface area contributed by atoms with Crippen LogP contribution in [0, 0.1) is 5.82 Å². The molecule has 6 heteroatoms. The molecular weight excluding hydrogens is 327 g/mol. The number of nitrogens with two attached hydrogens (primary N) is 1. The predicted octanol–water partition coefficient (Wildman–Crippen LogP) is 3.26. The van der Waals surface area contributed by atoms with Gasteiger partial charge in [-0.05, 0) is 30.3 Å². The molecule has 0 spiro atoms. The van der Waals surface area contributed by atoms with Crippen molar-refractivity contribution < 1.29 is 14.3 Å². The topological polar surface area (TPSA) is 67.8 Å². The molecule has 0 aliphatic carbocycles. The van der Waals surface area contributed by atoms with Gasteiger partial charge in [-0.3, -0.25) is 0 Å². The largest absolute Gasteiger partial charge is 0.489 e. The normalized spacial score (nSPS) is 11.4. The zero-order valence-corrected chi connectivity index (χ0v) is 12.0. The molecule has 104 valence electrons. The standard InChI is InChI=1S/C14H12BrFN2O2/c15-10-2-1-3-12(6-10)20-8-9-4-5-11(16)7-13(9)14(17)18-19/h1-7,19H,8H2,(H2,17,18). The summed E-state index contributed by atoms with van der Waals surface area (Å²) in [6.45, 7) is 0.183. The third kappa shape index (κ3) is 3.48. The lowest BCUT2D eigenvalue weighted by atomic mass is 10.1. The third-order valence-corrected chi connectivity index (χ3v) is 3.14. The van der Waals surface area contributed by atoms with Crippen molar-refractivity contribution >= 4 is 21.8 Å². The van der Waals surface area contributed by atoms with Crippen molar-refractivity contribution in [1.29, 1.82) is 0 Å². The first kappa shape index (κ1) is 14.3. The molecule has 0 radical (unpaired) electrons. The first-order valence-corrected chi connectivity index (χ1v) is 6.54. The molecule has 0 heterocycles. The number of oxime groups is 1. The van der Waals surface area contributed by atoms with Crippen LogP contribution < -0.4 is 10.5 Å². The van der Waals surface area contributed by atoms with E-state index >= 15 is 0 Å².